The van der Waals surface area contributed by atoms with Crippen LogP contribution in [0.4, 0.5) is 5.69 Å². The van der Waals surface area contributed by atoms with E-state index in [0.717, 1.165) is 15.2 Å². The molecule has 0 spiro atoms. The van der Waals surface area contributed by atoms with Crippen LogP contribution in [0.3, 0.4) is 0 Å². The number of amides is 1. The lowest BCUT2D eigenvalue weighted by Crippen LogP contribution is -2.17. The fourth-order valence-electron chi connectivity index (χ4n) is 2.63. The Labute approximate surface area is 164 Å². The van der Waals surface area contributed by atoms with Gasteiger partial charge in [0.25, 0.3) is 11.6 Å². The molecule has 0 aliphatic rings. The van der Waals surface area contributed by atoms with E-state index in [9.17, 15) is 14.9 Å². The maximum absolute atomic E-state index is 12.4. The number of allylic oxidation sites excluding steroid dienone is 1. The summed E-state index contributed by atoms with van der Waals surface area (Å²) >= 11 is 2.98. The SMILES string of the molecule is C=CCn1c(=NC(=O)Cc2ccc(SC)cc2)sc2ccc([N+](=O)[O-])cc21. The maximum Gasteiger partial charge on any atom is 0.271 e. The zero-order chi connectivity index (χ0) is 19.4. The topological polar surface area (TPSA) is 77.5 Å². The van der Waals surface area contributed by atoms with Crippen LogP contribution in [0.2, 0.25) is 0 Å². The Hall–Kier alpha value is -2.71. The number of rotatable bonds is 6. The second-order valence-corrected chi connectivity index (χ2v) is 7.61. The van der Waals surface area contributed by atoms with Gasteiger partial charge in [-0.15, -0.1) is 18.3 Å². The first kappa shape index (κ1) is 19.1. The van der Waals surface area contributed by atoms with Crippen molar-refractivity contribution in [1.82, 2.24) is 4.57 Å². The minimum atomic E-state index is -0.435. The number of non-ortho nitro benzene ring substituents is 1. The molecule has 0 atom stereocenters. The highest BCUT2D eigenvalue weighted by molar-refractivity contribution is 7.98. The molecule has 0 aliphatic heterocycles. The van der Waals surface area contributed by atoms with Gasteiger partial charge >= 0.3 is 0 Å². The van der Waals surface area contributed by atoms with Crippen molar-refractivity contribution < 1.29 is 9.72 Å². The van der Waals surface area contributed by atoms with E-state index in [1.54, 1.807) is 28.5 Å². The molecular weight excluding hydrogens is 382 g/mol. The van der Waals surface area contributed by atoms with Gasteiger partial charge in [0.2, 0.25) is 0 Å². The number of hydrogen-bond donors (Lipinski definition) is 0. The second kappa shape index (κ2) is 8.32. The highest BCUT2D eigenvalue weighted by atomic mass is 32.2. The highest BCUT2D eigenvalue weighted by Gasteiger charge is 2.12. The highest BCUT2D eigenvalue weighted by Crippen LogP contribution is 2.23. The number of carbonyl (C=O) groups is 1. The lowest BCUT2D eigenvalue weighted by Gasteiger charge is -2.01. The first-order chi connectivity index (χ1) is 13.0. The third-order valence-electron chi connectivity index (χ3n) is 3.92. The summed E-state index contributed by atoms with van der Waals surface area (Å²) in [7, 11) is 0. The number of nitrogens with zero attached hydrogens (tertiary/aromatic N) is 3. The summed E-state index contributed by atoms with van der Waals surface area (Å²) in [5.74, 6) is -0.259. The van der Waals surface area contributed by atoms with Crippen LogP contribution < -0.4 is 4.80 Å². The van der Waals surface area contributed by atoms with Crippen molar-refractivity contribution >= 4 is 44.9 Å². The smallest absolute Gasteiger partial charge is 0.271 e. The Morgan fingerprint density at radius 1 is 1.33 bits per heavy atom. The van der Waals surface area contributed by atoms with E-state index in [0.29, 0.717) is 16.9 Å². The van der Waals surface area contributed by atoms with Crippen molar-refractivity contribution in [2.24, 2.45) is 4.99 Å². The standard InChI is InChI=1S/C19H17N3O3S2/c1-3-10-21-16-12-14(22(24)25)6-9-17(16)27-19(21)20-18(23)11-13-4-7-15(26-2)8-5-13/h3-9,12H,1,10-11H2,2H3. The first-order valence-corrected chi connectivity index (χ1v) is 10.1. The van der Waals surface area contributed by atoms with Crippen LogP contribution in [-0.2, 0) is 17.8 Å². The van der Waals surface area contributed by atoms with Crippen molar-refractivity contribution in [2.75, 3.05) is 6.26 Å². The molecule has 27 heavy (non-hydrogen) atoms. The fraction of sp³-hybridized carbons (Fsp3) is 0.158. The van der Waals surface area contributed by atoms with Gasteiger partial charge in [-0.2, -0.15) is 4.99 Å². The summed E-state index contributed by atoms with van der Waals surface area (Å²) in [5, 5.41) is 11.0. The molecule has 0 aliphatic carbocycles. The molecule has 1 amide bonds. The van der Waals surface area contributed by atoms with Crippen LogP contribution in [0.15, 0.2) is 65.0 Å². The van der Waals surface area contributed by atoms with Gasteiger partial charge in [-0.1, -0.05) is 29.5 Å². The number of thiazole rings is 1. The van der Waals surface area contributed by atoms with E-state index in [1.165, 1.54) is 23.5 Å². The zero-order valence-corrected chi connectivity index (χ0v) is 16.3. The monoisotopic (exact) mass is 399 g/mol. The van der Waals surface area contributed by atoms with Gasteiger partial charge in [-0.25, -0.2) is 0 Å². The second-order valence-electron chi connectivity index (χ2n) is 5.72. The van der Waals surface area contributed by atoms with Crippen molar-refractivity contribution in [3.05, 3.63) is 75.6 Å². The molecular formula is C19H17N3O3S2. The Balaban J connectivity index is 1.97. The number of hydrogen-bond acceptors (Lipinski definition) is 5. The van der Waals surface area contributed by atoms with E-state index in [4.69, 9.17) is 0 Å². The third kappa shape index (κ3) is 4.35. The Morgan fingerprint density at radius 3 is 2.70 bits per heavy atom. The van der Waals surface area contributed by atoms with Crippen molar-refractivity contribution in [1.29, 1.82) is 0 Å². The number of fused-ring (bicyclic) bond motifs is 1. The lowest BCUT2D eigenvalue weighted by molar-refractivity contribution is -0.384. The molecule has 3 aromatic rings. The minimum Gasteiger partial charge on any atom is -0.312 e. The van der Waals surface area contributed by atoms with Crippen LogP contribution >= 0.6 is 23.1 Å². The van der Waals surface area contributed by atoms with Gasteiger partial charge in [-0.3, -0.25) is 14.9 Å². The number of nitro groups is 1. The number of aromatic nitrogens is 1. The molecule has 0 radical (unpaired) electrons. The van der Waals surface area contributed by atoms with E-state index in [-0.39, 0.29) is 18.0 Å². The third-order valence-corrected chi connectivity index (χ3v) is 5.73. The van der Waals surface area contributed by atoms with Gasteiger partial charge in [0.1, 0.15) is 0 Å². The van der Waals surface area contributed by atoms with Crippen LogP contribution in [0.25, 0.3) is 10.2 Å². The molecule has 0 bridgehead atoms. The molecule has 0 saturated heterocycles. The van der Waals surface area contributed by atoms with Gasteiger partial charge in [0, 0.05) is 23.6 Å². The number of nitro benzene ring substituents is 1. The van der Waals surface area contributed by atoms with Crippen molar-refractivity contribution in [2.45, 2.75) is 17.9 Å². The van der Waals surface area contributed by atoms with Crippen molar-refractivity contribution in [3.8, 4) is 0 Å². The normalized spacial score (nSPS) is 11.7. The molecule has 0 fully saturated rings. The summed E-state index contributed by atoms with van der Waals surface area (Å²) in [6.07, 6.45) is 3.88. The van der Waals surface area contributed by atoms with Gasteiger partial charge in [-0.05, 0) is 30.0 Å². The van der Waals surface area contributed by atoms with E-state index < -0.39 is 4.92 Å². The van der Waals surface area contributed by atoms with E-state index >= 15 is 0 Å². The molecule has 3 rings (SSSR count). The molecule has 1 heterocycles. The van der Waals surface area contributed by atoms with Crippen LogP contribution in [0.1, 0.15) is 5.56 Å². The molecule has 0 unspecified atom stereocenters. The summed E-state index contributed by atoms with van der Waals surface area (Å²) < 4.78 is 2.60. The Morgan fingerprint density at radius 2 is 2.07 bits per heavy atom. The average Bonchev–Trinajstić information content (AvgIpc) is 2.99. The van der Waals surface area contributed by atoms with Crippen LogP contribution in [0.5, 0.6) is 0 Å². The number of benzene rings is 2. The number of thioether (sulfide) groups is 1. The molecule has 6 nitrogen and oxygen atoms in total. The summed E-state index contributed by atoms with van der Waals surface area (Å²) in [5.41, 5.74) is 1.57. The molecule has 138 valence electrons. The van der Waals surface area contributed by atoms with Crippen molar-refractivity contribution in [3.63, 3.8) is 0 Å². The average molecular weight is 399 g/mol. The van der Waals surface area contributed by atoms with Gasteiger partial charge in [0.05, 0.1) is 21.6 Å². The zero-order valence-electron chi connectivity index (χ0n) is 14.6. The van der Waals surface area contributed by atoms with Crippen LogP contribution in [-0.4, -0.2) is 21.7 Å². The van der Waals surface area contributed by atoms with Crippen LogP contribution in [0, 0.1) is 10.1 Å². The largest absolute Gasteiger partial charge is 0.312 e. The van der Waals surface area contributed by atoms with E-state index in [2.05, 4.69) is 11.6 Å². The lowest BCUT2D eigenvalue weighted by atomic mass is 10.1. The fourth-order valence-corrected chi connectivity index (χ4v) is 4.07. The van der Waals surface area contributed by atoms with Gasteiger partial charge < -0.3 is 4.57 Å². The molecule has 0 saturated carbocycles. The predicted molar refractivity (Wildman–Crippen MR) is 109 cm³/mol. The van der Waals surface area contributed by atoms with Gasteiger partial charge in [0.15, 0.2) is 4.80 Å². The predicted octanol–water partition coefficient (Wildman–Crippen LogP) is 4.19. The Kier molecular flexibility index (Phi) is 5.88. The minimum absolute atomic E-state index is 0.00451. The molecule has 8 heteroatoms. The molecule has 1 aromatic heterocycles. The summed E-state index contributed by atoms with van der Waals surface area (Å²) in [4.78, 5) is 28.9. The first-order valence-electron chi connectivity index (χ1n) is 8.11. The molecule has 0 N–H and O–H groups in total. The quantitative estimate of drug-likeness (QED) is 0.269. The summed E-state index contributed by atoms with van der Waals surface area (Å²) in [6.45, 7) is 4.14. The summed E-state index contributed by atoms with van der Waals surface area (Å²) in [6, 6.07) is 12.4. The Bertz CT molecular complexity index is 1080. The maximum atomic E-state index is 12.4. The van der Waals surface area contributed by atoms with E-state index in [1.807, 2.05) is 30.5 Å². The molecule has 2 aromatic carbocycles. The number of carbonyl (C=O) groups excluding carboxylic acids is 1.